The summed E-state index contributed by atoms with van der Waals surface area (Å²) in [6, 6.07) is 16.4. The zero-order valence-electron chi connectivity index (χ0n) is 16.1. The van der Waals surface area contributed by atoms with Crippen LogP contribution in [0.4, 0.5) is 15.5 Å². The molecule has 0 unspecified atom stereocenters. The standard InChI is InChI=1S/C20H19FN8S/c21-16-8-6-15(7-9-16)14-18-22-24-20(30-18)28-12-10-27(11-13-28)19-23-25-26-29(19)17-4-2-1-3-5-17/h1-9H,10-14H2. The summed E-state index contributed by atoms with van der Waals surface area (Å²) in [7, 11) is 0. The molecular weight excluding hydrogens is 403 g/mol. The maximum absolute atomic E-state index is 13.1. The van der Waals surface area contributed by atoms with E-state index in [0.29, 0.717) is 6.42 Å². The predicted molar refractivity (Wildman–Crippen MR) is 113 cm³/mol. The third-order valence-electron chi connectivity index (χ3n) is 5.01. The van der Waals surface area contributed by atoms with Crippen molar-refractivity contribution in [3.8, 4) is 5.69 Å². The molecule has 0 spiro atoms. The Morgan fingerprint density at radius 1 is 0.833 bits per heavy atom. The van der Waals surface area contributed by atoms with Gasteiger partial charge in [-0.05, 0) is 40.3 Å². The first-order chi connectivity index (χ1) is 14.8. The number of hydrogen-bond donors (Lipinski definition) is 0. The van der Waals surface area contributed by atoms with E-state index >= 15 is 0 Å². The van der Waals surface area contributed by atoms with Gasteiger partial charge in [0.15, 0.2) is 0 Å². The highest BCUT2D eigenvalue weighted by Crippen LogP contribution is 2.25. The van der Waals surface area contributed by atoms with Crippen molar-refractivity contribution in [1.82, 2.24) is 30.4 Å². The van der Waals surface area contributed by atoms with Gasteiger partial charge in [0, 0.05) is 32.6 Å². The highest BCUT2D eigenvalue weighted by Gasteiger charge is 2.24. The normalized spacial score (nSPS) is 14.3. The Kier molecular flexibility index (Phi) is 5.06. The fourth-order valence-electron chi connectivity index (χ4n) is 3.43. The molecule has 2 aromatic carbocycles. The van der Waals surface area contributed by atoms with Gasteiger partial charge in [0.1, 0.15) is 10.8 Å². The molecule has 0 saturated carbocycles. The van der Waals surface area contributed by atoms with Gasteiger partial charge in [0.05, 0.1) is 5.69 Å². The molecule has 5 rings (SSSR count). The van der Waals surface area contributed by atoms with Gasteiger partial charge in [0.25, 0.3) is 0 Å². The second-order valence-electron chi connectivity index (χ2n) is 6.98. The van der Waals surface area contributed by atoms with E-state index in [1.54, 1.807) is 28.2 Å². The smallest absolute Gasteiger partial charge is 0.250 e. The number of anilines is 2. The maximum Gasteiger partial charge on any atom is 0.250 e. The molecule has 4 aromatic rings. The molecule has 2 aromatic heterocycles. The van der Waals surface area contributed by atoms with Gasteiger partial charge in [-0.15, -0.1) is 10.2 Å². The number of nitrogens with zero attached hydrogens (tertiary/aromatic N) is 8. The molecule has 0 atom stereocenters. The van der Waals surface area contributed by atoms with Crippen molar-refractivity contribution < 1.29 is 4.39 Å². The lowest BCUT2D eigenvalue weighted by Gasteiger charge is -2.34. The first-order valence-corrected chi connectivity index (χ1v) is 10.5. The summed E-state index contributed by atoms with van der Waals surface area (Å²) < 4.78 is 14.8. The first kappa shape index (κ1) is 18.6. The maximum atomic E-state index is 13.1. The largest absolute Gasteiger partial charge is 0.343 e. The van der Waals surface area contributed by atoms with Crippen LogP contribution in [0.2, 0.25) is 0 Å². The minimum atomic E-state index is -0.229. The summed E-state index contributed by atoms with van der Waals surface area (Å²) in [5.41, 5.74) is 1.96. The highest BCUT2D eigenvalue weighted by molar-refractivity contribution is 7.15. The fraction of sp³-hybridized carbons (Fsp3) is 0.250. The molecule has 0 bridgehead atoms. The molecule has 3 heterocycles. The predicted octanol–water partition coefficient (Wildman–Crippen LogP) is 2.57. The van der Waals surface area contributed by atoms with E-state index in [-0.39, 0.29) is 5.82 Å². The molecule has 0 aliphatic carbocycles. The lowest BCUT2D eigenvalue weighted by molar-refractivity contribution is 0.627. The van der Waals surface area contributed by atoms with Gasteiger partial charge in [-0.2, -0.15) is 4.68 Å². The summed E-state index contributed by atoms with van der Waals surface area (Å²) >= 11 is 1.58. The number of para-hydroxylation sites is 1. The SMILES string of the molecule is Fc1ccc(Cc2nnc(N3CCN(c4nnnn4-c4ccccc4)CC3)s2)cc1. The minimum Gasteiger partial charge on any atom is -0.343 e. The van der Waals surface area contributed by atoms with E-state index in [2.05, 4.69) is 35.5 Å². The van der Waals surface area contributed by atoms with Gasteiger partial charge < -0.3 is 9.80 Å². The third kappa shape index (κ3) is 3.86. The van der Waals surface area contributed by atoms with Crippen molar-refractivity contribution in [1.29, 1.82) is 0 Å². The van der Waals surface area contributed by atoms with E-state index in [1.165, 1.54) is 12.1 Å². The van der Waals surface area contributed by atoms with Crippen LogP contribution in [0, 0.1) is 5.82 Å². The molecule has 10 heteroatoms. The second kappa shape index (κ2) is 8.15. The van der Waals surface area contributed by atoms with Gasteiger partial charge in [-0.1, -0.05) is 46.8 Å². The average molecular weight is 422 g/mol. The van der Waals surface area contributed by atoms with E-state index in [0.717, 1.165) is 53.5 Å². The highest BCUT2D eigenvalue weighted by atomic mass is 32.1. The Bertz CT molecular complexity index is 1100. The molecule has 152 valence electrons. The number of piperazine rings is 1. The monoisotopic (exact) mass is 422 g/mol. The molecule has 1 fully saturated rings. The quantitative estimate of drug-likeness (QED) is 0.489. The van der Waals surface area contributed by atoms with E-state index in [9.17, 15) is 4.39 Å². The summed E-state index contributed by atoms with van der Waals surface area (Å²) in [5.74, 6) is 0.517. The molecule has 0 N–H and O–H groups in total. The molecule has 8 nitrogen and oxygen atoms in total. The molecule has 0 radical (unpaired) electrons. The fourth-order valence-corrected chi connectivity index (χ4v) is 4.36. The van der Waals surface area contributed by atoms with Crippen LogP contribution in [0.1, 0.15) is 10.6 Å². The Morgan fingerprint density at radius 3 is 2.33 bits per heavy atom. The van der Waals surface area contributed by atoms with Gasteiger partial charge >= 0.3 is 0 Å². The number of benzene rings is 2. The Morgan fingerprint density at radius 2 is 1.57 bits per heavy atom. The lowest BCUT2D eigenvalue weighted by Crippen LogP contribution is -2.47. The number of tetrazole rings is 1. The van der Waals surface area contributed by atoms with Crippen LogP contribution in [0.25, 0.3) is 5.69 Å². The van der Waals surface area contributed by atoms with Crippen LogP contribution in [-0.4, -0.2) is 56.6 Å². The molecule has 1 aliphatic heterocycles. The Hall–Kier alpha value is -3.40. The summed E-state index contributed by atoms with van der Waals surface area (Å²) in [6.07, 6.45) is 0.657. The van der Waals surface area contributed by atoms with Crippen LogP contribution in [0.15, 0.2) is 54.6 Å². The van der Waals surface area contributed by atoms with Crippen LogP contribution >= 0.6 is 11.3 Å². The number of hydrogen-bond acceptors (Lipinski definition) is 8. The first-order valence-electron chi connectivity index (χ1n) is 9.67. The zero-order valence-corrected chi connectivity index (χ0v) is 16.9. The summed E-state index contributed by atoms with van der Waals surface area (Å²) in [6.45, 7) is 3.21. The van der Waals surface area contributed by atoms with E-state index in [1.807, 2.05) is 30.3 Å². The zero-order chi connectivity index (χ0) is 20.3. The van der Waals surface area contributed by atoms with Gasteiger partial charge in [-0.3, -0.25) is 0 Å². The summed E-state index contributed by atoms with van der Waals surface area (Å²) in [4.78, 5) is 4.42. The number of aromatic nitrogens is 6. The van der Waals surface area contributed by atoms with E-state index in [4.69, 9.17) is 0 Å². The molecule has 1 saturated heterocycles. The van der Waals surface area contributed by atoms with Crippen molar-refractivity contribution >= 4 is 22.4 Å². The van der Waals surface area contributed by atoms with Crippen LogP contribution in [0.5, 0.6) is 0 Å². The van der Waals surface area contributed by atoms with Crippen molar-refractivity contribution in [2.24, 2.45) is 0 Å². The lowest BCUT2D eigenvalue weighted by atomic mass is 10.2. The molecular formula is C20H19FN8S. The number of halogens is 1. The molecule has 1 aliphatic rings. The van der Waals surface area contributed by atoms with E-state index < -0.39 is 0 Å². The third-order valence-corrected chi connectivity index (χ3v) is 6.00. The minimum absolute atomic E-state index is 0.229. The number of rotatable bonds is 5. The van der Waals surface area contributed by atoms with Crippen molar-refractivity contribution in [3.63, 3.8) is 0 Å². The molecule has 30 heavy (non-hydrogen) atoms. The molecule has 0 amide bonds. The topological polar surface area (TPSA) is 75.9 Å². The van der Waals surface area contributed by atoms with Crippen molar-refractivity contribution in [2.75, 3.05) is 36.0 Å². The van der Waals surface area contributed by atoms with Crippen molar-refractivity contribution in [3.05, 3.63) is 71.0 Å². The van der Waals surface area contributed by atoms with Crippen LogP contribution < -0.4 is 9.80 Å². The Balaban J connectivity index is 1.24. The Labute approximate surface area is 176 Å². The van der Waals surface area contributed by atoms with Crippen molar-refractivity contribution in [2.45, 2.75) is 6.42 Å². The second-order valence-corrected chi connectivity index (χ2v) is 8.02. The average Bonchev–Trinajstić information content (AvgIpc) is 3.46. The van der Waals surface area contributed by atoms with Crippen LogP contribution in [0.3, 0.4) is 0 Å². The van der Waals surface area contributed by atoms with Gasteiger partial charge in [0.2, 0.25) is 11.1 Å². The van der Waals surface area contributed by atoms with Crippen LogP contribution in [-0.2, 0) is 6.42 Å². The van der Waals surface area contributed by atoms with Gasteiger partial charge in [-0.25, -0.2) is 4.39 Å². The summed E-state index contributed by atoms with van der Waals surface area (Å²) in [5, 5.41) is 22.7.